The number of nitro groups is 1. The van der Waals surface area contributed by atoms with Gasteiger partial charge in [0.1, 0.15) is 17.1 Å². The number of hydrogen-bond acceptors (Lipinski definition) is 7. The lowest BCUT2D eigenvalue weighted by atomic mass is 10.2. The summed E-state index contributed by atoms with van der Waals surface area (Å²) in [7, 11) is 2.84. The van der Waals surface area contributed by atoms with Gasteiger partial charge >= 0.3 is 5.97 Å². The van der Waals surface area contributed by atoms with E-state index in [-0.39, 0.29) is 23.5 Å². The average Bonchev–Trinajstić information content (AvgIpc) is 2.69. The molecule has 0 heterocycles. The molecule has 0 atom stereocenters. The van der Waals surface area contributed by atoms with Crippen LogP contribution in [-0.4, -0.2) is 37.6 Å². The molecule has 0 fully saturated rings. The van der Waals surface area contributed by atoms with Gasteiger partial charge in [-0.15, -0.1) is 0 Å². The lowest BCUT2D eigenvalue weighted by Gasteiger charge is -2.11. The Kier molecular flexibility index (Phi) is 6.70. The number of hydrogen-bond donors (Lipinski definition) is 1. The van der Waals surface area contributed by atoms with Crippen molar-refractivity contribution in [2.24, 2.45) is 0 Å². The van der Waals surface area contributed by atoms with E-state index in [0.717, 1.165) is 11.6 Å². The van der Waals surface area contributed by atoms with E-state index >= 15 is 0 Å². The number of ether oxygens (including phenoxy) is 3. The molecule has 0 saturated heterocycles. The van der Waals surface area contributed by atoms with E-state index in [1.165, 1.54) is 26.4 Å². The van der Waals surface area contributed by atoms with Crippen molar-refractivity contribution in [1.82, 2.24) is 5.32 Å². The van der Waals surface area contributed by atoms with Gasteiger partial charge < -0.3 is 19.5 Å². The molecule has 2 aromatic carbocycles. The number of methoxy groups -OCH3 is 2. The number of nitrogens with one attached hydrogen (secondary N) is 1. The van der Waals surface area contributed by atoms with Gasteiger partial charge in [0.2, 0.25) is 0 Å². The Morgan fingerprint density at radius 1 is 1.07 bits per heavy atom. The van der Waals surface area contributed by atoms with E-state index in [1.807, 2.05) is 0 Å². The van der Waals surface area contributed by atoms with Crippen molar-refractivity contribution in [3.63, 3.8) is 0 Å². The van der Waals surface area contributed by atoms with Crippen LogP contribution < -0.4 is 14.8 Å². The average molecular weight is 374 g/mol. The molecule has 9 heteroatoms. The van der Waals surface area contributed by atoms with Gasteiger partial charge in [0.25, 0.3) is 11.6 Å². The van der Waals surface area contributed by atoms with Gasteiger partial charge in [-0.2, -0.15) is 0 Å². The molecule has 142 valence electrons. The van der Waals surface area contributed by atoms with Gasteiger partial charge in [-0.05, 0) is 12.1 Å². The Morgan fingerprint density at radius 3 is 2.44 bits per heavy atom. The van der Waals surface area contributed by atoms with Crippen molar-refractivity contribution in [1.29, 1.82) is 0 Å². The van der Waals surface area contributed by atoms with Crippen LogP contribution in [0.15, 0.2) is 42.5 Å². The zero-order valence-electron chi connectivity index (χ0n) is 14.8. The zero-order valence-corrected chi connectivity index (χ0v) is 14.8. The van der Waals surface area contributed by atoms with Crippen LogP contribution in [0.5, 0.6) is 11.5 Å². The highest BCUT2D eigenvalue weighted by molar-refractivity contribution is 5.94. The first kappa shape index (κ1) is 19.7. The largest absolute Gasteiger partial charge is 0.496 e. The Labute approximate surface area is 155 Å². The molecule has 0 radical (unpaired) electrons. The van der Waals surface area contributed by atoms with Crippen LogP contribution in [0.1, 0.15) is 15.9 Å². The molecule has 27 heavy (non-hydrogen) atoms. The number of para-hydroxylation sites is 1. The van der Waals surface area contributed by atoms with Crippen LogP contribution >= 0.6 is 0 Å². The van der Waals surface area contributed by atoms with Crippen molar-refractivity contribution in [2.75, 3.05) is 20.8 Å². The Morgan fingerprint density at radius 2 is 1.78 bits per heavy atom. The number of nitrogens with zero attached hydrogens (tertiary/aromatic N) is 1. The number of amides is 1. The summed E-state index contributed by atoms with van der Waals surface area (Å²) in [5.41, 5.74) is 0.340. The number of nitro benzene ring substituents is 1. The van der Waals surface area contributed by atoms with E-state index in [4.69, 9.17) is 14.2 Å². The van der Waals surface area contributed by atoms with Crippen LogP contribution in [-0.2, 0) is 16.1 Å². The molecule has 0 aliphatic carbocycles. The van der Waals surface area contributed by atoms with E-state index < -0.39 is 23.4 Å². The maximum absolute atomic E-state index is 12.2. The molecule has 0 aliphatic heterocycles. The minimum Gasteiger partial charge on any atom is -0.496 e. The van der Waals surface area contributed by atoms with E-state index in [0.29, 0.717) is 5.75 Å². The van der Waals surface area contributed by atoms with Crippen molar-refractivity contribution >= 4 is 17.6 Å². The fourth-order valence-electron chi connectivity index (χ4n) is 2.27. The lowest BCUT2D eigenvalue weighted by molar-refractivity contribution is -0.384. The summed E-state index contributed by atoms with van der Waals surface area (Å²) in [6.45, 7) is -0.347. The standard InChI is InChI=1S/C18H18N2O7/c1-25-15-6-4-3-5-12(15)10-19-17(21)11-27-18(22)14-9-13(20(23)24)7-8-16(14)26-2/h3-9H,10-11H2,1-2H3,(H,19,21). The highest BCUT2D eigenvalue weighted by Crippen LogP contribution is 2.24. The third-order valence-corrected chi connectivity index (χ3v) is 3.62. The van der Waals surface area contributed by atoms with Gasteiger partial charge in [0.15, 0.2) is 6.61 Å². The molecule has 0 spiro atoms. The van der Waals surface area contributed by atoms with E-state index in [1.54, 1.807) is 24.3 Å². The molecule has 0 saturated carbocycles. The number of carbonyl (C=O) groups excluding carboxylic acids is 2. The summed E-state index contributed by atoms with van der Waals surface area (Å²) >= 11 is 0. The molecule has 0 aliphatic rings. The van der Waals surface area contributed by atoms with Crippen molar-refractivity contribution in [3.05, 3.63) is 63.7 Å². The van der Waals surface area contributed by atoms with Crippen LogP contribution in [0, 0.1) is 10.1 Å². The van der Waals surface area contributed by atoms with Gasteiger partial charge in [0, 0.05) is 24.2 Å². The number of rotatable bonds is 8. The topological polar surface area (TPSA) is 117 Å². The van der Waals surface area contributed by atoms with Gasteiger partial charge in [-0.25, -0.2) is 4.79 Å². The summed E-state index contributed by atoms with van der Waals surface area (Å²) < 4.78 is 15.1. The predicted molar refractivity (Wildman–Crippen MR) is 94.8 cm³/mol. The van der Waals surface area contributed by atoms with Crippen molar-refractivity contribution < 1.29 is 28.7 Å². The lowest BCUT2D eigenvalue weighted by Crippen LogP contribution is -2.28. The summed E-state index contributed by atoms with van der Waals surface area (Å²) in [5.74, 6) is -0.696. The Bertz CT molecular complexity index is 851. The molecule has 0 aromatic heterocycles. The van der Waals surface area contributed by atoms with Crippen LogP contribution in [0.2, 0.25) is 0 Å². The third kappa shape index (κ3) is 5.18. The molecule has 0 bridgehead atoms. The molecule has 1 N–H and O–H groups in total. The molecular formula is C18H18N2O7. The number of non-ortho nitro benzene ring substituents is 1. The van der Waals surface area contributed by atoms with Crippen molar-refractivity contribution in [2.45, 2.75) is 6.54 Å². The van der Waals surface area contributed by atoms with Crippen molar-refractivity contribution in [3.8, 4) is 11.5 Å². The molecule has 0 unspecified atom stereocenters. The summed E-state index contributed by atoms with van der Waals surface area (Å²) in [5, 5.41) is 13.5. The maximum atomic E-state index is 12.2. The fourth-order valence-corrected chi connectivity index (χ4v) is 2.27. The van der Waals surface area contributed by atoms with E-state index in [2.05, 4.69) is 5.32 Å². The summed E-state index contributed by atoms with van der Waals surface area (Å²) in [4.78, 5) is 34.3. The van der Waals surface area contributed by atoms with E-state index in [9.17, 15) is 19.7 Å². The first-order valence-corrected chi connectivity index (χ1v) is 7.84. The van der Waals surface area contributed by atoms with Gasteiger partial charge in [-0.3, -0.25) is 14.9 Å². The molecule has 2 aromatic rings. The number of esters is 1. The normalized spacial score (nSPS) is 10.0. The zero-order chi connectivity index (χ0) is 19.8. The number of carbonyl (C=O) groups is 2. The second-order valence-corrected chi connectivity index (χ2v) is 5.31. The van der Waals surface area contributed by atoms with Gasteiger partial charge in [0.05, 0.1) is 19.1 Å². The first-order valence-electron chi connectivity index (χ1n) is 7.84. The molecular weight excluding hydrogens is 356 g/mol. The summed E-state index contributed by atoms with van der Waals surface area (Å²) in [6, 6.07) is 10.7. The minimum atomic E-state index is -0.900. The Balaban J connectivity index is 1.96. The predicted octanol–water partition coefficient (Wildman–Crippen LogP) is 2.09. The first-order chi connectivity index (χ1) is 13.0. The van der Waals surface area contributed by atoms with Crippen LogP contribution in [0.25, 0.3) is 0 Å². The van der Waals surface area contributed by atoms with Crippen LogP contribution in [0.3, 0.4) is 0 Å². The number of benzene rings is 2. The fraction of sp³-hybridized carbons (Fsp3) is 0.222. The highest BCUT2D eigenvalue weighted by atomic mass is 16.6. The second kappa shape index (κ2) is 9.18. The quantitative estimate of drug-likeness (QED) is 0.427. The molecule has 1 amide bonds. The maximum Gasteiger partial charge on any atom is 0.342 e. The monoisotopic (exact) mass is 374 g/mol. The van der Waals surface area contributed by atoms with Crippen LogP contribution in [0.4, 0.5) is 5.69 Å². The molecule has 2 rings (SSSR count). The van der Waals surface area contributed by atoms with Gasteiger partial charge in [-0.1, -0.05) is 18.2 Å². The minimum absolute atomic E-state index is 0.111. The third-order valence-electron chi connectivity index (χ3n) is 3.62. The Hall–Kier alpha value is -3.62. The highest BCUT2D eigenvalue weighted by Gasteiger charge is 2.19. The SMILES string of the molecule is COc1ccccc1CNC(=O)COC(=O)c1cc([N+](=O)[O-])ccc1OC. The molecule has 9 nitrogen and oxygen atoms in total. The second-order valence-electron chi connectivity index (χ2n) is 5.31. The summed E-state index contributed by atoms with van der Waals surface area (Å²) in [6.07, 6.45) is 0. The smallest absolute Gasteiger partial charge is 0.342 e.